The number of aromatic nitrogens is 1. The maximum absolute atomic E-state index is 5.08. The first-order valence-corrected chi connectivity index (χ1v) is 29.0. The zero-order valence-electron chi connectivity index (χ0n) is 31.4. The molecule has 2 heterocycles. The summed E-state index contributed by atoms with van der Waals surface area (Å²) in [5.74, 6) is 0. The number of hydrogen-bond acceptors (Lipinski definition) is 2. The molecule has 3 unspecified atom stereocenters. The predicted molar refractivity (Wildman–Crippen MR) is 219 cm³/mol. The highest BCUT2D eigenvalue weighted by atomic mass is 32.1. The SMILES string of the molecule is CC(C(c1ccc2c(c1)sc1c(-c3cc(C(C)(C)C)c4ccccc4c3)nccc12)(C(C)[Si](C)(C)C)C(C)[Si](C)(C)C)[Si](C)(C)C. The van der Waals surface area contributed by atoms with Crippen LogP contribution in [0.3, 0.4) is 0 Å². The molecule has 0 aliphatic carbocycles. The molecular weight excluding hydrogens is 623 g/mol. The molecule has 0 aliphatic rings. The first-order valence-electron chi connectivity index (χ1n) is 17.4. The third-order valence-electron chi connectivity index (χ3n) is 11.9. The third kappa shape index (κ3) is 6.03. The summed E-state index contributed by atoms with van der Waals surface area (Å²) in [6.45, 7) is 38.4. The normalized spacial score (nSPS) is 16.9. The lowest BCUT2D eigenvalue weighted by Crippen LogP contribution is -2.56. The molecule has 5 rings (SSSR count). The summed E-state index contributed by atoms with van der Waals surface area (Å²) >= 11 is 1.96. The van der Waals surface area contributed by atoms with Gasteiger partial charge in [0.2, 0.25) is 0 Å². The summed E-state index contributed by atoms with van der Waals surface area (Å²) < 4.78 is 2.72. The van der Waals surface area contributed by atoms with Crippen LogP contribution in [0.4, 0.5) is 0 Å². The van der Waals surface area contributed by atoms with Gasteiger partial charge in [0.05, 0.1) is 10.4 Å². The molecule has 1 nitrogen and oxygen atoms in total. The minimum Gasteiger partial charge on any atom is -0.255 e. The Bertz CT molecular complexity index is 1840. The largest absolute Gasteiger partial charge is 0.255 e. The van der Waals surface area contributed by atoms with Crippen molar-refractivity contribution in [3.8, 4) is 11.3 Å². The van der Waals surface area contributed by atoms with Gasteiger partial charge in [0.25, 0.3) is 0 Å². The van der Waals surface area contributed by atoms with Gasteiger partial charge in [0, 0.05) is 51.5 Å². The van der Waals surface area contributed by atoms with E-state index in [4.69, 9.17) is 4.98 Å². The van der Waals surface area contributed by atoms with Crippen LogP contribution < -0.4 is 0 Å². The van der Waals surface area contributed by atoms with Crippen molar-refractivity contribution in [2.24, 2.45) is 0 Å². The lowest BCUT2D eigenvalue weighted by Gasteiger charge is -2.58. The molecule has 246 valence electrons. The maximum Gasteiger partial charge on any atom is 0.0880 e. The molecule has 3 aromatic carbocycles. The van der Waals surface area contributed by atoms with Crippen LogP contribution in [0.1, 0.15) is 52.7 Å². The topological polar surface area (TPSA) is 12.9 Å². The average Bonchev–Trinajstić information content (AvgIpc) is 3.33. The van der Waals surface area contributed by atoms with Gasteiger partial charge in [-0.2, -0.15) is 0 Å². The first-order chi connectivity index (χ1) is 21.1. The standard InChI is InChI=1S/C41H59NSSi3/c1-27(44(7,8)9)41(28(2)45(10,11)12,29(3)46(13,14)15)32-20-21-34-35-22-23-42-38(39(35)43-37(34)26-32)31-24-30-18-16-17-19-33(30)36(25-31)40(4,5)6/h16-29H,1-15H3. The molecule has 2 aromatic heterocycles. The van der Waals surface area contributed by atoms with Gasteiger partial charge in [-0.3, -0.25) is 4.98 Å². The van der Waals surface area contributed by atoms with E-state index in [2.05, 4.69) is 161 Å². The summed E-state index contributed by atoms with van der Waals surface area (Å²) in [4.78, 5) is 5.08. The highest BCUT2D eigenvalue weighted by Crippen LogP contribution is 2.62. The quantitative estimate of drug-likeness (QED) is 0.149. The van der Waals surface area contributed by atoms with Crippen LogP contribution in [0.2, 0.25) is 75.5 Å². The van der Waals surface area contributed by atoms with E-state index in [1.165, 1.54) is 42.1 Å². The Labute approximate surface area is 287 Å². The number of fused-ring (bicyclic) bond motifs is 4. The smallest absolute Gasteiger partial charge is 0.0880 e. The Morgan fingerprint density at radius 3 is 1.74 bits per heavy atom. The zero-order chi connectivity index (χ0) is 34.2. The molecule has 0 aliphatic heterocycles. The predicted octanol–water partition coefficient (Wildman–Crippen LogP) is 14.0. The molecule has 3 atom stereocenters. The van der Waals surface area contributed by atoms with Crippen molar-refractivity contribution in [3.05, 3.63) is 78.0 Å². The summed E-state index contributed by atoms with van der Waals surface area (Å²) in [5, 5.41) is 5.34. The molecule has 0 spiro atoms. The molecule has 5 aromatic rings. The molecule has 0 radical (unpaired) electrons. The van der Waals surface area contributed by atoms with E-state index in [1.807, 2.05) is 17.5 Å². The fourth-order valence-corrected chi connectivity index (χ4v) is 16.3. The minimum atomic E-state index is -1.52. The van der Waals surface area contributed by atoms with E-state index in [0.29, 0.717) is 16.6 Å². The number of hydrogen-bond donors (Lipinski definition) is 0. The van der Waals surface area contributed by atoms with Gasteiger partial charge in [0.1, 0.15) is 0 Å². The number of pyridine rings is 1. The van der Waals surface area contributed by atoms with Crippen LogP contribution >= 0.6 is 11.3 Å². The molecule has 5 heteroatoms. The Hall–Kier alpha value is -2.06. The van der Waals surface area contributed by atoms with Crippen LogP contribution in [-0.4, -0.2) is 29.2 Å². The van der Waals surface area contributed by atoms with Crippen molar-refractivity contribution in [2.75, 3.05) is 0 Å². The fraction of sp³-hybridized carbons (Fsp3) is 0.488. The van der Waals surface area contributed by atoms with Gasteiger partial charge in [-0.05, 0) is 73.6 Å². The molecule has 0 saturated heterocycles. The van der Waals surface area contributed by atoms with Gasteiger partial charge >= 0.3 is 0 Å². The van der Waals surface area contributed by atoms with Gasteiger partial charge in [-0.15, -0.1) is 11.3 Å². The van der Waals surface area contributed by atoms with E-state index in [-0.39, 0.29) is 10.8 Å². The second-order valence-electron chi connectivity index (χ2n) is 18.5. The van der Waals surface area contributed by atoms with E-state index in [0.717, 1.165) is 5.69 Å². The van der Waals surface area contributed by atoms with E-state index in [9.17, 15) is 0 Å². The van der Waals surface area contributed by atoms with Crippen molar-refractivity contribution in [1.82, 2.24) is 4.98 Å². The Morgan fingerprint density at radius 2 is 1.20 bits per heavy atom. The van der Waals surface area contributed by atoms with E-state index in [1.54, 1.807) is 5.56 Å². The third-order valence-corrected chi connectivity index (χ3v) is 22.3. The molecule has 0 amide bonds. The van der Waals surface area contributed by atoms with Crippen LogP contribution in [0.5, 0.6) is 0 Å². The fourth-order valence-electron chi connectivity index (χ4n) is 8.27. The lowest BCUT2D eigenvalue weighted by molar-refractivity contribution is 0.359. The van der Waals surface area contributed by atoms with Gasteiger partial charge in [-0.1, -0.05) is 137 Å². The van der Waals surface area contributed by atoms with Crippen molar-refractivity contribution in [3.63, 3.8) is 0 Å². The van der Waals surface area contributed by atoms with Gasteiger partial charge < -0.3 is 0 Å². The monoisotopic (exact) mass is 681 g/mol. The second kappa shape index (κ2) is 11.8. The van der Waals surface area contributed by atoms with Crippen LogP contribution in [0, 0.1) is 0 Å². The summed E-state index contributed by atoms with van der Waals surface area (Å²) in [6.07, 6.45) is 2.03. The minimum absolute atomic E-state index is 0.0368. The van der Waals surface area contributed by atoms with Crippen LogP contribution in [0.15, 0.2) is 66.9 Å². The van der Waals surface area contributed by atoms with E-state index < -0.39 is 24.2 Å². The number of rotatable bonds is 8. The van der Waals surface area contributed by atoms with Crippen molar-refractivity contribution < 1.29 is 0 Å². The summed E-state index contributed by atoms with van der Waals surface area (Å²) in [5.41, 5.74) is 7.52. The molecular formula is C41H59NSSi3. The van der Waals surface area contributed by atoms with Crippen molar-refractivity contribution in [2.45, 2.75) is 128 Å². The first kappa shape index (κ1) is 35.3. The Kier molecular flexibility index (Phi) is 9.06. The highest BCUT2D eigenvalue weighted by molar-refractivity contribution is 7.26. The number of thiophene rings is 1. The lowest BCUT2D eigenvalue weighted by atomic mass is 9.72. The van der Waals surface area contributed by atoms with Crippen molar-refractivity contribution in [1.29, 1.82) is 0 Å². The molecule has 0 fully saturated rings. The second-order valence-corrected chi connectivity index (χ2v) is 36.4. The maximum atomic E-state index is 5.08. The molecule has 0 N–H and O–H groups in total. The Balaban J connectivity index is 1.82. The van der Waals surface area contributed by atoms with Gasteiger partial charge in [0.15, 0.2) is 0 Å². The highest BCUT2D eigenvalue weighted by Gasteiger charge is 2.56. The van der Waals surface area contributed by atoms with Crippen LogP contribution in [0.25, 0.3) is 42.2 Å². The average molecular weight is 682 g/mol. The molecule has 0 saturated carbocycles. The zero-order valence-corrected chi connectivity index (χ0v) is 35.3. The van der Waals surface area contributed by atoms with E-state index >= 15 is 0 Å². The molecule has 46 heavy (non-hydrogen) atoms. The summed E-state index contributed by atoms with van der Waals surface area (Å²) in [7, 11) is -4.56. The number of benzene rings is 3. The van der Waals surface area contributed by atoms with Crippen molar-refractivity contribution >= 4 is 66.5 Å². The number of nitrogens with zero attached hydrogens (tertiary/aromatic N) is 1. The molecule has 0 bridgehead atoms. The van der Waals surface area contributed by atoms with Crippen LogP contribution in [-0.2, 0) is 10.8 Å². The summed E-state index contributed by atoms with van der Waals surface area (Å²) in [6, 6.07) is 23.5. The Morgan fingerprint density at radius 1 is 0.630 bits per heavy atom. The van der Waals surface area contributed by atoms with Gasteiger partial charge in [-0.25, -0.2) is 0 Å².